The summed E-state index contributed by atoms with van der Waals surface area (Å²) < 4.78 is 22.6. The fourth-order valence-electron chi connectivity index (χ4n) is 3.10. The number of hydrogen-bond acceptors (Lipinski definition) is 4. The molecule has 128 valence electrons. The van der Waals surface area contributed by atoms with Gasteiger partial charge in [0.25, 0.3) is 0 Å². The molecule has 0 aliphatic carbocycles. The highest BCUT2D eigenvalue weighted by Gasteiger charge is 2.19. The van der Waals surface area contributed by atoms with E-state index in [9.17, 15) is 8.42 Å². The van der Waals surface area contributed by atoms with Crippen molar-refractivity contribution in [2.24, 2.45) is 5.14 Å². The van der Waals surface area contributed by atoms with Gasteiger partial charge in [-0.3, -0.25) is 0 Å². The van der Waals surface area contributed by atoms with Crippen molar-refractivity contribution in [3.63, 3.8) is 0 Å². The maximum Gasteiger partial charge on any atom is 0.238 e. The first-order valence-corrected chi connectivity index (χ1v) is 9.67. The van der Waals surface area contributed by atoms with Gasteiger partial charge in [-0.05, 0) is 61.7 Å². The van der Waals surface area contributed by atoms with Gasteiger partial charge >= 0.3 is 0 Å². The first-order valence-electron chi connectivity index (χ1n) is 8.13. The van der Waals surface area contributed by atoms with Gasteiger partial charge in [-0.25, -0.2) is 13.6 Å². The lowest BCUT2D eigenvalue weighted by atomic mass is 10.0. The smallest absolute Gasteiger partial charge is 0.238 e. The number of aryl methyl sites for hydroxylation is 1. The third-order valence-electron chi connectivity index (χ3n) is 4.41. The van der Waals surface area contributed by atoms with E-state index in [2.05, 4.69) is 41.4 Å². The number of rotatable bonds is 4. The van der Waals surface area contributed by atoms with Crippen LogP contribution in [0, 0.1) is 6.92 Å². The number of piperidine rings is 1. The Labute approximate surface area is 143 Å². The summed E-state index contributed by atoms with van der Waals surface area (Å²) in [5.74, 6) is 0. The lowest BCUT2D eigenvalue weighted by Gasteiger charge is -2.34. The van der Waals surface area contributed by atoms with Gasteiger partial charge in [0.2, 0.25) is 10.0 Å². The van der Waals surface area contributed by atoms with Crippen molar-refractivity contribution in [1.29, 1.82) is 0 Å². The molecule has 1 saturated heterocycles. The normalized spacial score (nSPS) is 16.2. The minimum Gasteiger partial charge on any atom is -0.382 e. The van der Waals surface area contributed by atoms with Crippen LogP contribution in [0.1, 0.15) is 18.4 Å². The zero-order chi connectivity index (χ0) is 17.2. The van der Waals surface area contributed by atoms with Gasteiger partial charge in [-0.1, -0.05) is 12.1 Å². The van der Waals surface area contributed by atoms with Crippen molar-refractivity contribution in [3.8, 4) is 0 Å². The van der Waals surface area contributed by atoms with Crippen LogP contribution in [0.15, 0.2) is 53.4 Å². The topological polar surface area (TPSA) is 75.4 Å². The van der Waals surface area contributed by atoms with Crippen LogP contribution in [0.2, 0.25) is 0 Å². The molecule has 1 fully saturated rings. The molecule has 0 bridgehead atoms. The Hall–Kier alpha value is -2.05. The molecule has 0 atom stereocenters. The third-order valence-corrected chi connectivity index (χ3v) is 5.34. The second-order valence-corrected chi connectivity index (χ2v) is 7.88. The standard InChI is InChI=1S/C18H23N3O2S/c1-14-3-2-4-16(13-14)20-15-9-11-21(12-10-15)17-5-7-18(8-6-17)24(19,22)23/h2-8,13,15,20H,9-12H2,1H3,(H2,19,22,23). The van der Waals surface area contributed by atoms with Gasteiger partial charge in [0.05, 0.1) is 4.90 Å². The van der Waals surface area contributed by atoms with E-state index in [1.54, 1.807) is 12.1 Å². The summed E-state index contributed by atoms with van der Waals surface area (Å²) in [5, 5.41) is 8.74. The lowest BCUT2D eigenvalue weighted by Crippen LogP contribution is -2.39. The largest absolute Gasteiger partial charge is 0.382 e. The van der Waals surface area contributed by atoms with Crippen LogP contribution in [-0.2, 0) is 10.0 Å². The van der Waals surface area contributed by atoms with Crippen LogP contribution in [0.5, 0.6) is 0 Å². The Bertz CT molecular complexity index is 795. The predicted molar refractivity (Wildman–Crippen MR) is 97.9 cm³/mol. The van der Waals surface area contributed by atoms with Crippen LogP contribution in [-0.4, -0.2) is 27.5 Å². The Morgan fingerprint density at radius 1 is 1.08 bits per heavy atom. The molecule has 1 heterocycles. The Morgan fingerprint density at radius 2 is 1.75 bits per heavy atom. The molecule has 24 heavy (non-hydrogen) atoms. The average molecular weight is 345 g/mol. The van der Waals surface area contributed by atoms with Gasteiger partial charge in [0, 0.05) is 30.5 Å². The van der Waals surface area contributed by atoms with Crippen LogP contribution in [0.4, 0.5) is 11.4 Å². The molecule has 0 saturated carbocycles. The SMILES string of the molecule is Cc1cccc(NC2CCN(c3ccc(S(N)(=O)=O)cc3)CC2)c1. The number of nitrogens with zero attached hydrogens (tertiary/aromatic N) is 1. The first-order chi connectivity index (χ1) is 11.4. The molecule has 0 amide bonds. The average Bonchev–Trinajstić information content (AvgIpc) is 2.55. The van der Waals surface area contributed by atoms with Crippen molar-refractivity contribution in [2.75, 3.05) is 23.3 Å². The lowest BCUT2D eigenvalue weighted by molar-refractivity contribution is 0.526. The van der Waals surface area contributed by atoms with Crippen LogP contribution in [0.3, 0.4) is 0 Å². The predicted octanol–water partition coefficient (Wildman–Crippen LogP) is 2.72. The van der Waals surface area contributed by atoms with E-state index in [0.29, 0.717) is 6.04 Å². The number of primary sulfonamides is 1. The quantitative estimate of drug-likeness (QED) is 0.893. The first kappa shape index (κ1) is 16.8. The minimum atomic E-state index is -3.63. The number of hydrogen-bond donors (Lipinski definition) is 2. The number of nitrogens with one attached hydrogen (secondary N) is 1. The summed E-state index contributed by atoms with van der Waals surface area (Å²) in [6.45, 7) is 3.98. The molecular formula is C18H23N3O2S. The van der Waals surface area contributed by atoms with Crippen molar-refractivity contribution in [1.82, 2.24) is 0 Å². The van der Waals surface area contributed by atoms with Crippen molar-refractivity contribution >= 4 is 21.4 Å². The summed E-state index contributed by atoms with van der Waals surface area (Å²) in [4.78, 5) is 2.43. The van der Waals surface area contributed by atoms with E-state index in [1.165, 1.54) is 11.3 Å². The van der Waals surface area contributed by atoms with Crippen LogP contribution < -0.4 is 15.4 Å². The fourth-order valence-corrected chi connectivity index (χ4v) is 3.61. The summed E-state index contributed by atoms with van der Waals surface area (Å²) in [7, 11) is -3.63. The van der Waals surface area contributed by atoms with Gasteiger partial charge < -0.3 is 10.2 Å². The third kappa shape index (κ3) is 4.07. The summed E-state index contributed by atoms with van der Waals surface area (Å²) in [6, 6.07) is 15.7. The fraction of sp³-hybridized carbons (Fsp3) is 0.333. The molecule has 0 radical (unpaired) electrons. The summed E-state index contributed by atoms with van der Waals surface area (Å²) in [6.07, 6.45) is 2.09. The maximum atomic E-state index is 11.3. The van der Waals surface area contributed by atoms with Gasteiger partial charge in [-0.15, -0.1) is 0 Å². The molecular weight excluding hydrogens is 322 g/mol. The van der Waals surface area contributed by atoms with E-state index in [1.807, 2.05) is 12.1 Å². The molecule has 2 aromatic rings. The molecule has 0 unspecified atom stereocenters. The van der Waals surface area contributed by atoms with Crippen molar-refractivity contribution < 1.29 is 8.42 Å². The van der Waals surface area contributed by atoms with Gasteiger partial charge in [0.1, 0.15) is 0 Å². The van der Waals surface area contributed by atoms with Crippen LogP contribution in [0.25, 0.3) is 0 Å². The molecule has 5 nitrogen and oxygen atoms in total. The highest BCUT2D eigenvalue weighted by molar-refractivity contribution is 7.89. The minimum absolute atomic E-state index is 0.155. The zero-order valence-corrected chi connectivity index (χ0v) is 14.6. The Balaban J connectivity index is 1.59. The summed E-state index contributed by atoms with van der Waals surface area (Å²) >= 11 is 0. The molecule has 0 aromatic heterocycles. The zero-order valence-electron chi connectivity index (χ0n) is 13.8. The second-order valence-electron chi connectivity index (χ2n) is 6.31. The monoisotopic (exact) mass is 345 g/mol. The summed E-state index contributed by atoms with van der Waals surface area (Å²) in [5.41, 5.74) is 3.47. The maximum absolute atomic E-state index is 11.3. The Morgan fingerprint density at radius 3 is 2.33 bits per heavy atom. The number of sulfonamides is 1. The molecule has 0 spiro atoms. The van der Waals surface area contributed by atoms with Gasteiger partial charge in [-0.2, -0.15) is 0 Å². The number of anilines is 2. The molecule has 1 aliphatic rings. The van der Waals surface area contributed by atoms with Gasteiger partial charge in [0.15, 0.2) is 0 Å². The number of benzene rings is 2. The van der Waals surface area contributed by atoms with E-state index in [4.69, 9.17) is 5.14 Å². The second kappa shape index (κ2) is 6.83. The highest BCUT2D eigenvalue weighted by Crippen LogP contribution is 2.23. The van der Waals surface area contributed by atoms with Crippen molar-refractivity contribution in [3.05, 3.63) is 54.1 Å². The molecule has 1 aliphatic heterocycles. The molecule has 3 N–H and O–H groups in total. The number of nitrogens with two attached hydrogens (primary N) is 1. The Kier molecular flexibility index (Phi) is 4.78. The molecule has 3 rings (SSSR count). The highest BCUT2D eigenvalue weighted by atomic mass is 32.2. The van der Waals surface area contributed by atoms with Crippen LogP contribution >= 0.6 is 0 Å². The van der Waals surface area contributed by atoms with E-state index in [-0.39, 0.29) is 4.90 Å². The van der Waals surface area contributed by atoms with E-state index >= 15 is 0 Å². The van der Waals surface area contributed by atoms with E-state index < -0.39 is 10.0 Å². The van der Waals surface area contributed by atoms with Crippen molar-refractivity contribution in [2.45, 2.75) is 30.7 Å². The molecule has 6 heteroatoms. The van der Waals surface area contributed by atoms with E-state index in [0.717, 1.165) is 31.6 Å². The molecule has 2 aromatic carbocycles.